The van der Waals surface area contributed by atoms with Crippen molar-refractivity contribution in [3.63, 3.8) is 0 Å². The average molecular weight is 361 g/mol. The van der Waals surface area contributed by atoms with Gasteiger partial charge in [0, 0.05) is 6.42 Å². The Morgan fingerprint density at radius 2 is 1.85 bits per heavy atom. The molecule has 1 aromatic carbocycles. The van der Waals surface area contributed by atoms with Crippen molar-refractivity contribution in [3.05, 3.63) is 29.8 Å². The minimum Gasteiger partial charge on any atom is -0.548 e. The molecule has 0 aliphatic carbocycles. The van der Waals surface area contributed by atoms with Crippen molar-refractivity contribution >= 4 is 17.8 Å². The third kappa shape index (κ3) is 5.75. The first kappa shape index (κ1) is 19.8. The van der Waals surface area contributed by atoms with Crippen molar-refractivity contribution in [2.75, 3.05) is 6.61 Å². The van der Waals surface area contributed by atoms with Crippen LogP contribution in [0.1, 0.15) is 38.7 Å². The maximum Gasteiger partial charge on any atom is 0.243 e. The summed E-state index contributed by atoms with van der Waals surface area (Å²) in [6.45, 7) is 4.08. The molecule has 0 saturated carbocycles. The van der Waals surface area contributed by atoms with Gasteiger partial charge in [-0.3, -0.25) is 9.59 Å². The van der Waals surface area contributed by atoms with Gasteiger partial charge < -0.3 is 25.3 Å². The Bertz CT molecular complexity index is 642. The van der Waals surface area contributed by atoms with Crippen molar-refractivity contribution in [1.29, 1.82) is 0 Å². The molecule has 0 radical (unpaired) electrons. The summed E-state index contributed by atoms with van der Waals surface area (Å²) < 4.78 is 5.62. The van der Waals surface area contributed by atoms with E-state index < -0.39 is 24.0 Å². The SMILES string of the molecule is CC(C)[C@@H]1NC(=O)CCCCOc2ccc(cc2)C[C@@H](C(=O)[O-])NC1=O. The summed E-state index contributed by atoms with van der Waals surface area (Å²) in [7, 11) is 0. The number of hydrogen-bond acceptors (Lipinski definition) is 5. The molecular formula is C19H25N2O5-. The van der Waals surface area contributed by atoms with Gasteiger partial charge in [-0.05, 0) is 42.9 Å². The predicted molar refractivity (Wildman–Crippen MR) is 93.2 cm³/mol. The Balaban J connectivity index is 2.23. The summed E-state index contributed by atoms with van der Waals surface area (Å²) in [6, 6.07) is 5.09. The number of carbonyl (C=O) groups is 3. The molecule has 3 rings (SSSR count). The molecule has 0 saturated heterocycles. The molecule has 142 valence electrons. The lowest BCUT2D eigenvalue weighted by Gasteiger charge is -2.26. The highest BCUT2D eigenvalue weighted by Crippen LogP contribution is 2.15. The van der Waals surface area contributed by atoms with E-state index in [-0.39, 0.29) is 24.7 Å². The highest BCUT2D eigenvalue weighted by molar-refractivity contribution is 5.90. The van der Waals surface area contributed by atoms with E-state index in [2.05, 4.69) is 10.6 Å². The summed E-state index contributed by atoms with van der Waals surface area (Å²) in [6.07, 6.45) is 1.73. The van der Waals surface area contributed by atoms with Crippen LogP contribution in [0.3, 0.4) is 0 Å². The molecule has 26 heavy (non-hydrogen) atoms. The molecule has 2 N–H and O–H groups in total. The van der Waals surface area contributed by atoms with Crippen molar-refractivity contribution in [3.8, 4) is 5.75 Å². The fraction of sp³-hybridized carbons (Fsp3) is 0.526. The molecule has 2 atom stereocenters. The van der Waals surface area contributed by atoms with E-state index in [0.29, 0.717) is 18.8 Å². The zero-order valence-electron chi connectivity index (χ0n) is 15.1. The van der Waals surface area contributed by atoms with E-state index in [0.717, 1.165) is 12.0 Å². The van der Waals surface area contributed by atoms with Gasteiger partial charge in [-0.25, -0.2) is 0 Å². The monoisotopic (exact) mass is 361 g/mol. The van der Waals surface area contributed by atoms with Crippen LogP contribution in [0, 0.1) is 5.92 Å². The molecule has 7 nitrogen and oxygen atoms in total. The fourth-order valence-corrected chi connectivity index (χ4v) is 2.77. The van der Waals surface area contributed by atoms with Crippen molar-refractivity contribution in [2.24, 2.45) is 5.92 Å². The van der Waals surface area contributed by atoms with E-state index in [1.165, 1.54) is 0 Å². The van der Waals surface area contributed by atoms with Crippen molar-refractivity contribution < 1.29 is 24.2 Å². The molecule has 0 unspecified atom stereocenters. The Morgan fingerprint density at radius 1 is 1.15 bits per heavy atom. The first-order chi connectivity index (χ1) is 12.4. The Morgan fingerprint density at radius 3 is 2.46 bits per heavy atom. The van der Waals surface area contributed by atoms with Crippen LogP contribution in [-0.4, -0.2) is 36.5 Å². The van der Waals surface area contributed by atoms with Gasteiger partial charge in [0.1, 0.15) is 11.8 Å². The molecule has 0 fully saturated rings. The molecule has 2 aliphatic heterocycles. The lowest BCUT2D eigenvalue weighted by atomic mass is 10.0. The molecule has 2 heterocycles. The number of carboxylic acid groups (broad SMARTS) is 1. The number of carbonyl (C=O) groups excluding carboxylic acids is 3. The summed E-state index contributed by atoms with van der Waals surface area (Å²) in [5, 5.41) is 16.6. The van der Waals surface area contributed by atoms with Crippen LogP contribution in [-0.2, 0) is 20.8 Å². The van der Waals surface area contributed by atoms with Crippen LogP contribution >= 0.6 is 0 Å². The maximum absolute atomic E-state index is 12.5. The molecule has 7 heteroatoms. The number of benzene rings is 1. The topological polar surface area (TPSA) is 108 Å². The summed E-state index contributed by atoms with van der Waals surface area (Å²) in [5.74, 6) is -1.62. The van der Waals surface area contributed by atoms with Crippen LogP contribution in [0.15, 0.2) is 24.3 Å². The zero-order chi connectivity index (χ0) is 19.1. The second-order valence-corrected chi connectivity index (χ2v) is 6.82. The van der Waals surface area contributed by atoms with Crippen LogP contribution in [0.2, 0.25) is 0 Å². The molecule has 0 aromatic heterocycles. The van der Waals surface area contributed by atoms with Crippen molar-refractivity contribution in [1.82, 2.24) is 10.6 Å². The Labute approximate surface area is 153 Å². The van der Waals surface area contributed by atoms with E-state index in [1.54, 1.807) is 38.1 Å². The zero-order valence-corrected chi connectivity index (χ0v) is 15.1. The number of hydrogen-bond donors (Lipinski definition) is 2. The van der Waals surface area contributed by atoms with Gasteiger partial charge in [0.2, 0.25) is 11.8 Å². The number of ether oxygens (including phenoxy) is 1. The maximum atomic E-state index is 12.5. The number of aliphatic carboxylic acids is 1. The molecule has 2 amide bonds. The first-order valence-electron chi connectivity index (χ1n) is 8.89. The smallest absolute Gasteiger partial charge is 0.243 e. The second kappa shape index (κ2) is 9.22. The average Bonchev–Trinajstić information content (AvgIpc) is 2.58. The summed E-state index contributed by atoms with van der Waals surface area (Å²) in [4.78, 5) is 36.1. The van der Waals surface area contributed by atoms with E-state index in [4.69, 9.17) is 4.74 Å². The third-order valence-electron chi connectivity index (χ3n) is 4.30. The van der Waals surface area contributed by atoms with Gasteiger partial charge in [0.15, 0.2) is 0 Å². The van der Waals surface area contributed by atoms with Crippen molar-refractivity contribution in [2.45, 2.75) is 51.6 Å². The molecular weight excluding hydrogens is 336 g/mol. The minimum absolute atomic E-state index is 0.0904. The normalized spacial score (nSPS) is 22.4. The van der Waals surface area contributed by atoms with E-state index in [1.807, 2.05) is 0 Å². The lowest BCUT2D eigenvalue weighted by molar-refractivity contribution is -0.308. The van der Waals surface area contributed by atoms with Gasteiger partial charge in [-0.1, -0.05) is 26.0 Å². The highest BCUT2D eigenvalue weighted by atomic mass is 16.5. The van der Waals surface area contributed by atoms with Gasteiger partial charge in [0.05, 0.1) is 18.6 Å². The molecule has 2 aliphatic rings. The van der Waals surface area contributed by atoms with Crippen LogP contribution in [0.5, 0.6) is 5.75 Å². The van der Waals surface area contributed by atoms with Gasteiger partial charge >= 0.3 is 0 Å². The van der Waals surface area contributed by atoms with Gasteiger partial charge in [-0.15, -0.1) is 0 Å². The van der Waals surface area contributed by atoms with E-state index in [9.17, 15) is 19.5 Å². The Kier molecular flexibility index (Phi) is 7.00. The van der Waals surface area contributed by atoms with Crippen LogP contribution in [0.4, 0.5) is 0 Å². The van der Waals surface area contributed by atoms with Crippen LogP contribution in [0.25, 0.3) is 0 Å². The molecule has 1 aromatic rings. The number of amides is 2. The van der Waals surface area contributed by atoms with Gasteiger partial charge in [0.25, 0.3) is 0 Å². The molecule has 0 spiro atoms. The first-order valence-corrected chi connectivity index (χ1v) is 8.89. The summed E-state index contributed by atoms with van der Waals surface area (Å²) >= 11 is 0. The minimum atomic E-state index is -1.37. The number of rotatable bonds is 2. The number of carboxylic acids is 1. The lowest BCUT2D eigenvalue weighted by Crippen LogP contribution is -2.56. The predicted octanol–water partition coefficient (Wildman–Crippen LogP) is 0.167. The van der Waals surface area contributed by atoms with Gasteiger partial charge in [-0.2, -0.15) is 0 Å². The number of nitrogens with one attached hydrogen (secondary N) is 2. The fourth-order valence-electron chi connectivity index (χ4n) is 2.77. The highest BCUT2D eigenvalue weighted by Gasteiger charge is 2.26. The Hall–Kier alpha value is -2.57. The van der Waals surface area contributed by atoms with E-state index >= 15 is 0 Å². The largest absolute Gasteiger partial charge is 0.548 e. The number of fused-ring (bicyclic) bond motifs is 13. The third-order valence-corrected chi connectivity index (χ3v) is 4.30. The quantitative estimate of drug-likeness (QED) is 0.781. The molecule has 2 bridgehead atoms. The summed E-state index contributed by atoms with van der Waals surface area (Å²) in [5.41, 5.74) is 0.740. The standard InChI is InChI=1S/C19H26N2O5/c1-12(2)17-18(23)20-15(19(24)25)11-13-6-8-14(9-7-13)26-10-4-3-5-16(22)21-17/h6-9,12,15,17H,3-5,10-11H2,1-2H3,(H,20,23)(H,21,22)(H,24,25)/p-1/t15-,17-/m0/s1. The second-order valence-electron chi connectivity index (χ2n) is 6.82. The van der Waals surface area contributed by atoms with Crippen LogP contribution < -0.4 is 20.5 Å².